The largest absolute Gasteiger partial charge is 0.310 e. The topological polar surface area (TPSA) is 55.2 Å². The Morgan fingerprint density at radius 2 is 1.72 bits per heavy atom. The molecule has 0 fully saturated rings. The summed E-state index contributed by atoms with van der Waals surface area (Å²) in [5.41, 5.74) is 1.50. The van der Waals surface area contributed by atoms with Gasteiger partial charge in [-0.1, -0.05) is 29.8 Å². The Hall–Kier alpha value is -2.92. The molecule has 0 spiro atoms. The van der Waals surface area contributed by atoms with Crippen molar-refractivity contribution in [3.05, 3.63) is 87.3 Å². The average molecular weight is 354 g/mol. The fourth-order valence-corrected chi connectivity index (χ4v) is 2.59. The van der Waals surface area contributed by atoms with Crippen LogP contribution < -0.4 is 10.3 Å². The Kier molecular flexibility index (Phi) is 4.67. The van der Waals surface area contributed by atoms with Crippen molar-refractivity contribution < 1.29 is 4.79 Å². The Labute approximate surface area is 150 Å². The summed E-state index contributed by atoms with van der Waals surface area (Å²) in [7, 11) is 1.62. The minimum Gasteiger partial charge on any atom is -0.310 e. The Bertz CT molecular complexity index is 966. The summed E-state index contributed by atoms with van der Waals surface area (Å²) in [6.07, 6.45) is 0. The van der Waals surface area contributed by atoms with Gasteiger partial charge >= 0.3 is 0 Å². The highest BCUT2D eigenvalue weighted by Crippen LogP contribution is 2.16. The van der Waals surface area contributed by atoms with Crippen LogP contribution in [0, 0.1) is 6.92 Å². The molecule has 1 heterocycles. The zero-order valence-corrected chi connectivity index (χ0v) is 14.6. The maximum absolute atomic E-state index is 12.7. The van der Waals surface area contributed by atoms with E-state index in [1.807, 2.05) is 18.2 Å². The van der Waals surface area contributed by atoms with Crippen LogP contribution in [0.4, 0.5) is 5.69 Å². The summed E-state index contributed by atoms with van der Waals surface area (Å²) in [5, 5.41) is 4.89. The van der Waals surface area contributed by atoms with Crippen molar-refractivity contribution in [1.82, 2.24) is 9.78 Å². The second-order valence-corrected chi connectivity index (χ2v) is 6.02. The van der Waals surface area contributed by atoms with Gasteiger partial charge in [0.1, 0.15) is 0 Å². The molecule has 0 bridgehead atoms. The van der Waals surface area contributed by atoms with Gasteiger partial charge in [-0.3, -0.25) is 9.59 Å². The first-order valence-corrected chi connectivity index (χ1v) is 8.05. The quantitative estimate of drug-likeness (QED) is 0.724. The number of halogens is 1. The number of hydrogen-bond acceptors (Lipinski definition) is 3. The van der Waals surface area contributed by atoms with Crippen molar-refractivity contribution in [2.45, 2.75) is 6.92 Å². The van der Waals surface area contributed by atoms with Crippen molar-refractivity contribution in [2.75, 3.05) is 11.9 Å². The third-order valence-electron chi connectivity index (χ3n) is 3.83. The number of anilines is 1. The zero-order valence-electron chi connectivity index (χ0n) is 13.8. The number of para-hydroxylation sites is 1. The van der Waals surface area contributed by atoms with Crippen LogP contribution in [0.15, 0.2) is 65.5 Å². The number of aromatic nitrogens is 2. The molecule has 6 heteroatoms. The van der Waals surface area contributed by atoms with E-state index >= 15 is 0 Å². The molecular weight excluding hydrogens is 338 g/mol. The summed E-state index contributed by atoms with van der Waals surface area (Å²) in [4.78, 5) is 26.5. The number of amides is 1. The Morgan fingerprint density at radius 3 is 2.36 bits per heavy atom. The first-order valence-electron chi connectivity index (χ1n) is 7.67. The fraction of sp³-hybridized carbons (Fsp3) is 0.105. The summed E-state index contributed by atoms with van der Waals surface area (Å²) in [5.74, 6) is -0.459. The highest BCUT2D eigenvalue weighted by atomic mass is 35.5. The van der Waals surface area contributed by atoms with Gasteiger partial charge in [0.25, 0.3) is 5.91 Å². The lowest BCUT2D eigenvalue weighted by atomic mass is 10.2. The summed E-state index contributed by atoms with van der Waals surface area (Å²) in [6.45, 7) is 1.76. The van der Waals surface area contributed by atoms with E-state index in [0.29, 0.717) is 16.4 Å². The lowest BCUT2D eigenvalue weighted by Crippen LogP contribution is -2.33. The number of carbonyl (C=O) groups excluding carboxylic acids is 1. The molecule has 0 saturated heterocycles. The standard InChI is InChI=1S/C19H16ClN3O2/c1-13-12-17(24)18(19(25)22(2)15-6-4-3-5-7-15)21-23(13)16-10-8-14(20)9-11-16/h3-12H,1-2H3. The van der Waals surface area contributed by atoms with Gasteiger partial charge in [0.05, 0.1) is 5.69 Å². The normalized spacial score (nSPS) is 10.5. The Morgan fingerprint density at radius 1 is 1.08 bits per heavy atom. The van der Waals surface area contributed by atoms with Gasteiger partial charge in [0.2, 0.25) is 5.43 Å². The van der Waals surface area contributed by atoms with Crippen LogP contribution in [-0.4, -0.2) is 22.7 Å². The van der Waals surface area contributed by atoms with E-state index < -0.39 is 11.3 Å². The van der Waals surface area contributed by atoms with Gasteiger partial charge in [0, 0.05) is 29.5 Å². The van der Waals surface area contributed by atoms with Gasteiger partial charge in [0.15, 0.2) is 5.69 Å². The van der Waals surface area contributed by atoms with Crippen LogP contribution in [0.25, 0.3) is 5.69 Å². The molecule has 0 atom stereocenters. The van der Waals surface area contributed by atoms with Crippen LogP contribution in [0.3, 0.4) is 0 Å². The van der Waals surface area contributed by atoms with Gasteiger partial charge in [-0.25, -0.2) is 4.68 Å². The highest BCUT2D eigenvalue weighted by Gasteiger charge is 2.20. The number of hydrogen-bond donors (Lipinski definition) is 0. The summed E-state index contributed by atoms with van der Waals surface area (Å²) < 4.78 is 1.56. The van der Waals surface area contributed by atoms with Gasteiger partial charge < -0.3 is 4.90 Å². The molecule has 0 aliphatic rings. The molecule has 3 aromatic rings. The van der Waals surface area contributed by atoms with E-state index in [9.17, 15) is 9.59 Å². The molecule has 0 N–H and O–H groups in total. The molecule has 0 radical (unpaired) electrons. The van der Waals surface area contributed by atoms with E-state index in [2.05, 4.69) is 5.10 Å². The smallest absolute Gasteiger partial charge is 0.282 e. The molecule has 0 aliphatic heterocycles. The molecule has 0 unspecified atom stereocenters. The van der Waals surface area contributed by atoms with E-state index in [1.54, 1.807) is 55.1 Å². The molecule has 5 nitrogen and oxygen atoms in total. The van der Waals surface area contributed by atoms with Crippen LogP contribution >= 0.6 is 11.6 Å². The van der Waals surface area contributed by atoms with E-state index in [0.717, 1.165) is 5.69 Å². The van der Waals surface area contributed by atoms with E-state index in [4.69, 9.17) is 11.6 Å². The lowest BCUT2D eigenvalue weighted by molar-refractivity contribution is 0.0985. The van der Waals surface area contributed by atoms with Crippen molar-refractivity contribution >= 4 is 23.2 Å². The summed E-state index contributed by atoms with van der Waals surface area (Å²) in [6, 6.07) is 17.5. The minimum absolute atomic E-state index is 0.132. The third-order valence-corrected chi connectivity index (χ3v) is 4.08. The van der Waals surface area contributed by atoms with Crippen molar-refractivity contribution in [3.8, 4) is 5.69 Å². The predicted octanol–water partition coefficient (Wildman–Crippen LogP) is 3.47. The molecule has 1 aromatic heterocycles. The van der Waals surface area contributed by atoms with Crippen LogP contribution in [0.5, 0.6) is 0 Å². The van der Waals surface area contributed by atoms with Crippen LogP contribution in [-0.2, 0) is 0 Å². The monoisotopic (exact) mass is 353 g/mol. The van der Waals surface area contributed by atoms with Gasteiger partial charge in [-0.15, -0.1) is 0 Å². The molecule has 0 saturated carbocycles. The van der Waals surface area contributed by atoms with Gasteiger partial charge in [-0.05, 0) is 43.3 Å². The molecule has 126 valence electrons. The minimum atomic E-state index is -0.459. The van der Waals surface area contributed by atoms with E-state index in [-0.39, 0.29) is 5.69 Å². The number of nitrogens with zero attached hydrogens (tertiary/aromatic N) is 3. The molecule has 3 rings (SSSR count). The highest BCUT2D eigenvalue weighted by molar-refractivity contribution is 6.30. The van der Waals surface area contributed by atoms with Crippen molar-refractivity contribution in [3.63, 3.8) is 0 Å². The van der Waals surface area contributed by atoms with Crippen molar-refractivity contribution in [1.29, 1.82) is 0 Å². The number of benzene rings is 2. The molecular formula is C19H16ClN3O2. The predicted molar refractivity (Wildman–Crippen MR) is 98.8 cm³/mol. The third kappa shape index (κ3) is 3.46. The molecule has 2 aromatic carbocycles. The first-order chi connectivity index (χ1) is 12.0. The maximum atomic E-state index is 12.7. The number of rotatable bonds is 3. The van der Waals surface area contributed by atoms with Gasteiger partial charge in [-0.2, -0.15) is 5.10 Å². The second-order valence-electron chi connectivity index (χ2n) is 5.59. The SMILES string of the molecule is Cc1cc(=O)c(C(=O)N(C)c2ccccc2)nn1-c1ccc(Cl)cc1. The molecule has 0 aliphatic carbocycles. The second kappa shape index (κ2) is 6.91. The fourth-order valence-electron chi connectivity index (χ4n) is 2.47. The summed E-state index contributed by atoms with van der Waals surface area (Å²) >= 11 is 5.91. The number of carbonyl (C=O) groups is 1. The van der Waals surface area contributed by atoms with Crippen molar-refractivity contribution in [2.24, 2.45) is 0 Å². The van der Waals surface area contributed by atoms with E-state index in [1.165, 1.54) is 11.0 Å². The Balaban J connectivity index is 2.05. The average Bonchev–Trinajstić information content (AvgIpc) is 2.62. The lowest BCUT2D eigenvalue weighted by Gasteiger charge is -2.17. The zero-order chi connectivity index (χ0) is 18.0. The van der Waals surface area contributed by atoms with Crippen LogP contribution in [0.1, 0.15) is 16.2 Å². The molecule has 25 heavy (non-hydrogen) atoms. The van der Waals surface area contributed by atoms with Crippen LogP contribution in [0.2, 0.25) is 5.02 Å². The number of aryl methyl sites for hydroxylation is 1. The maximum Gasteiger partial charge on any atom is 0.282 e. The molecule has 1 amide bonds. The first kappa shape index (κ1) is 16.9.